The van der Waals surface area contributed by atoms with Crippen LogP contribution in [0.15, 0.2) is 24.3 Å². The van der Waals surface area contributed by atoms with Crippen LogP contribution in [0.2, 0.25) is 0 Å². The molecule has 1 aromatic rings. The van der Waals surface area contributed by atoms with Crippen LogP contribution in [-0.2, 0) is 6.54 Å². The molecule has 3 amide bonds. The molecule has 0 spiro atoms. The summed E-state index contributed by atoms with van der Waals surface area (Å²) in [5, 5.41) is 5.58. The molecule has 24 heavy (non-hydrogen) atoms. The second-order valence-corrected chi connectivity index (χ2v) is 6.57. The van der Waals surface area contributed by atoms with Crippen LogP contribution in [0.25, 0.3) is 0 Å². The molecule has 6 nitrogen and oxygen atoms in total. The van der Waals surface area contributed by atoms with E-state index in [1.54, 1.807) is 13.1 Å². The van der Waals surface area contributed by atoms with Gasteiger partial charge in [0.2, 0.25) is 0 Å². The maximum absolute atomic E-state index is 12.4. The van der Waals surface area contributed by atoms with Crippen LogP contribution < -0.4 is 10.6 Å². The Kier molecular flexibility index (Phi) is 5.35. The van der Waals surface area contributed by atoms with Gasteiger partial charge in [-0.2, -0.15) is 0 Å². The Balaban J connectivity index is 1.50. The maximum atomic E-state index is 12.4. The second kappa shape index (κ2) is 7.66. The van der Waals surface area contributed by atoms with Gasteiger partial charge in [-0.25, -0.2) is 4.79 Å². The number of nitrogens with one attached hydrogen (secondary N) is 2. The number of hydrogen-bond acceptors (Lipinski definition) is 3. The van der Waals surface area contributed by atoms with Gasteiger partial charge in [-0.05, 0) is 50.0 Å². The van der Waals surface area contributed by atoms with Gasteiger partial charge < -0.3 is 15.5 Å². The second-order valence-electron chi connectivity index (χ2n) is 6.57. The third-order valence-corrected chi connectivity index (χ3v) is 4.97. The molecule has 1 atom stereocenters. The van der Waals surface area contributed by atoms with Crippen LogP contribution in [0.5, 0.6) is 0 Å². The van der Waals surface area contributed by atoms with Crippen molar-refractivity contribution in [2.75, 3.05) is 33.2 Å². The Morgan fingerprint density at radius 3 is 2.75 bits per heavy atom. The minimum absolute atomic E-state index is 0.0120. The van der Waals surface area contributed by atoms with Crippen molar-refractivity contribution >= 4 is 11.9 Å². The molecule has 0 saturated carbocycles. The molecule has 0 aliphatic carbocycles. The first-order valence-electron chi connectivity index (χ1n) is 8.75. The lowest BCUT2D eigenvalue weighted by Crippen LogP contribution is -2.41. The van der Waals surface area contributed by atoms with Gasteiger partial charge in [0.15, 0.2) is 0 Å². The summed E-state index contributed by atoms with van der Waals surface area (Å²) in [6.45, 7) is 4.43. The van der Waals surface area contributed by atoms with E-state index in [0.29, 0.717) is 18.2 Å². The van der Waals surface area contributed by atoms with Gasteiger partial charge in [-0.1, -0.05) is 12.1 Å². The first-order chi connectivity index (χ1) is 11.7. The highest BCUT2D eigenvalue weighted by atomic mass is 16.2. The van der Waals surface area contributed by atoms with Gasteiger partial charge in [0, 0.05) is 38.3 Å². The number of amides is 3. The molecule has 6 heteroatoms. The quantitative estimate of drug-likeness (QED) is 0.878. The lowest BCUT2D eigenvalue weighted by atomic mass is 10.1. The topological polar surface area (TPSA) is 64.7 Å². The molecule has 2 saturated heterocycles. The predicted molar refractivity (Wildman–Crippen MR) is 92.9 cm³/mol. The molecule has 2 aliphatic rings. The fourth-order valence-electron chi connectivity index (χ4n) is 3.59. The third kappa shape index (κ3) is 3.87. The molecule has 2 N–H and O–H groups in total. The fourth-order valence-corrected chi connectivity index (χ4v) is 3.59. The Bertz CT molecular complexity index is 598. The van der Waals surface area contributed by atoms with Crippen LogP contribution in [0.4, 0.5) is 4.79 Å². The molecule has 0 aromatic heterocycles. The van der Waals surface area contributed by atoms with E-state index in [4.69, 9.17) is 0 Å². The molecule has 3 rings (SSSR count). The van der Waals surface area contributed by atoms with E-state index in [1.807, 2.05) is 23.1 Å². The van der Waals surface area contributed by atoms with Gasteiger partial charge in [0.25, 0.3) is 5.91 Å². The Morgan fingerprint density at radius 2 is 2.00 bits per heavy atom. The molecule has 2 fully saturated rings. The summed E-state index contributed by atoms with van der Waals surface area (Å²) in [5.41, 5.74) is 1.54. The van der Waals surface area contributed by atoms with Crippen molar-refractivity contribution in [1.82, 2.24) is 20.4 Å². The van der Waals surface area contributed by atoms with Crippen LogP contribution in [0, 0.1) is 0 Å². The van der Waals surface area contributed by atoms with E-state index >= 15 is 0 Å². The van der Waals surface area contributed by atoms with Crippen LogP contribution in [0.3, 0.4) is 0 Å². The summed E-state index contributed by atoms with van der Waals surface area (Å²) in [6, 6.07) is 7.85. The molecule has 130 valence electrons. The number of benzene rings is 1. The minimum Gasteiger partial charge on any atom is -0.355 e. The summed E-state index contributed by atoms with van der Waals surface area (Å²) in [4.78, 5) is 28.5. The zero-order valence-corrected chi connectivity index (χ0v) is 14.3. The van der Waals surface area contributed by atoms with Crippen molar-refractivity contribution < 1.29 is 9.59 Å². The Morgan fingerprint density at radius 1 is 1.21 bits per heavy atom. The fraction of sp³-hybridized carbons (Fsp3) is 0.556. The zero-order chi connectivity index (χ0) is 16.9. The summed E-state index contributed by atoms with van der Waals surface area (Å²) in [5.74, 6) is -0.115. The molecule has 0 bridgehead atoms. The number of likely N-dealkylation sites (tertiary alicyclic amines) is 2. The zero-order valence-electron chi connectivity index (χ0n) is 14.3. The van der Waals surface area contributed by atoms with Crippen molar-refractivity contribution in [2.24, 2.45) is 0 Å². The van der Waals surface area contributed by atoms with Crippen LogP contribution in [0.1, 0.15) is 35.2 Å². The number of hydrogen-bond donors (Lipinski definition) is 2. The molecule has 2 aliphatic heterocycles. The van der Waals surface area contributed by atoms with Gasteiger partial charge in [-0.3, -0.25) is 9.69 Å². The highest BCUT2D eigenvalue weighted by Gasteiger charge is 2.31. The van der Waals surface area contributed by atoms with Crippen LogP contribution in [-0.4, -0.2) is 61.0 Å². The van der Waals surface area contributed by atoms with Crippen molar-refractivity contribution in [3.05, 3.63) is 35.4 Å². The van der Waals surface area contributed by atoms with Gasteiger partial charge >= 0.3 is 6.03 Å². The highest BCUT2D eigenvalue weighted by Crippen LogP contribution is 2.20. The summed E-state index contributed by atoms with van der Waals surface area (Å²) >= 11 is 0. The Labute approximate surface area is 143 Å². The number of rotatable bonds is 4. The van der Waals surface area contributed by atoms with E-state index in [0.717, 1.165) is 25.1 Å². The maximum Gasteiger partial charge on any atom is 0.317 e. The smallest absolute Gasteiger partial charge is 0.317 e. The summed E-state index contributed by atoms with van der Waals surface area (Å²) in [6.07, 6.45) is 3.63. The largest absolute Gasteiger partial charge is 0.355 e. The number of urea groups is 1. The highest BCUT2D eigenvalue weighted by molar-refractivity contribution is 5.94. The summed E-state index contributed by atoms with van der Waals surface area (Å²) in [7, 11) is 1.61. The first-order valence-corrected chi connectivity index (χ1v) is 8.75. The lowest BCUT2D eigenvalue weighted by molar-refractivity contribution is 0.0963. The molecule has 2 heterocycles. The van der Waals surface area contributed by atoms with E-state index in [1.165, 1.54) is 25.9 Å². The van der Waals surface area contributed by atoms with Gasteiger partial charge in [0.1, 0.15) is 0 Å². The predicted octanol–water partition coefficient (Wildman–Crippen LogP) is 1.43. The minimum atomic E-state index is -0.115. The SMILES string of the molecule is CNC(=O)c1cccc(CNC(=O)N2CCC(N3CCCC3)C2)c1. The van der Waals surface area contributed by atoms with Crippen molar-refractivity contribution in [2.45, 2.75) is 31.8 Å². The molecular weight excluding hydrogens is 304 g/mol. The number of nitrogens with zero attached hydrogens (tertiary/aromatic N) is 2. The summed E-state index contributed by atoms with van der Waals surface area (Å²) < 4.78 is 0. The van der Waals surface area contributed by atoms with Crippen molar-refractivity contribution in [3.63, 3.8) is 0 Å². The molecule has 1 unspecified atom stereocenters. The molecule has 0 radical (unpaired) electrons. The average Bonchev–Trinajstić information content (AvgIpc) is 3.30. The normalized spacial score (nSPS) is 21.0. The van der Waals surface area contributed by atoms with Crippen molar-refractivity contribution in [1.29, 1.82) is 0 Å². The third-order valence-electron chi connectivity index (χ3n) is 4.97. The van der Waals surface area contributed by atoms with E-state index in [9.17, 15) is 9.59 Å². The number of carbonyl (C=O) groups excluding carboxylic acids is 2. The monoisotopic (exact) mass is 330 g/mol. The van der Waals surface area contributed by atoms with Gasteiger partial charge in [0.05, 0.1) is 0 Å². The molecular formula is C18H26N4O2. The van der Waals surface area contributed by atoms with E-state index < -0.39 is 0 Å². The standard InChI is InChI=1S/C18H26N4O2/c1-19-17(23)15-6-4-5-14(11-15)12-20-18(24)22-10-7-16(13-22)21-8-2-3-9-21/h4-6,11,16H,2-3,7-10,12-13H2,1H3,(H,19,23)(H,20,24). The first kappa shape index (κ1) is 16.8. The van der Waals surface area contributed by atoms with E-state index in [2.05, 4.69) is 15.5 Å². The van der Waals surface area contributed by atoms with E-state index in [-0.39, 0.29) is 11.9 Å². The van der Waals surface area contributed by atoms with Crippen LogP contribution >= 0.6 is 0 Å². The molecule has 1 aromatic carbocycles. The van der Waals surface area contributed by atoms with Crippen molar-refractivity contribution in [3.8, 4) is 0 Å². The van der Waals surface area contributed by atoms with Gasteiger partial charge in [-0.15, -0.1) is 0 Å². The number of carbonyl (C=O) groups is 2. The lowest BCUT2D eigenvalue weighted by Gasteiger charge is -2.23. The Hall–Kier alpha value is -2.08. The average molecular weight is 330 g/mol.